The van der Waals surface area contributed by atoms with Gasteiger partial charge in [0.2, 0.25) is 0 Å². The van der Waals surface area contributed by atoms with Crippen molar-refractivity contribution in [3.8, 4) is 17.2 Å². The van der Waals surface area contributed by atoms with Crippen molar-refractivity contribution < 1.29 is 31.8 Å². The van der Waals surface area contributed by atoms with Crippen LogP contribution in [0.1, 0.15) is 62.1 Å². The number of hydrogen-bond donors (Lipinski definition) is 2. The van der Waals surface area contributed by atoms with Gasteiger partial charge in [-0.25, -0.2) is 16.8 Å². The van der Waals surface area contributed by atoms with Crippen LogP contribution >= 0.6 is 23.2 Å². The van der Waals surface area contributed by atoms with Crippen LogP contribution in [-0.4, -0.2) is 33.7 Å². The first kappa shape index (κ1) is 32.1. The van der Waals surface area contributed by atoms with E-state index in [4.69, 9.17) is 27.9 Å². The molecule has 0 fully saturated rings. The van der Waals surface area contributed by atoms with Crippen LogP contribution in [0.25, 0.3) is 0 Å². The minimum absolute atomic E-state index is 0.104. The van der Waals surface area contributed by atoms with Gasteiger partial charge in [0.1, 0.15) is 17.2 Å². The van der Waals surface area contributed by atoms with Gasteiger partial charge in [-0.2, -0.15) is 0 Å². The molecule has 0 aliphatic rings. The second-order valence-electron chi connectivity index (χ2n) is 9.70. The molecule has 3 aromatic rings. The van der Waals surface area contributed by atoms with E-state index in [2.05, 4.69) is 6.92 Å². The largest absolute Gasteiger partial charge is 0.506 e. The number of phenols is 2. The van der Waals surface area contributed by atoms with Gasteiger partial charge in [-0.15, -0.1) is 0 Å². The molecule has 3 rings (SSSR count). The molecule has 218 valence electrons. The van der Waals surface area contributed by atoms with Crippen LogP contribution in [0.5, 0.6) is 17.2 Å². The first-order valence-electron chi connectivity index (χ1n) is 13.0. The van der Waals surface area contributed by atoms with Crippen molar-refractivity contribution in [3.63, 3.8) is 0 Å². The Hall–Kier alpha value is -2.46. The lowest BCUT2D eigenvalue weighted by Crippen LogP contribution is -2.14. The number of sulfone groups is 2. The fraction of sp³-hybridized carbons (Fsp3) is 0.379. The van der Waals surface area contributed by atoms with Gasteiger partial charge in [-0.05, 0) is 66.9 Å². The summed E-state index contributed by atoms with van der Waals surface area (Å²) in [4.78, 5) is -0.218. The molecule has 0 heterocycles. The summed E-state index contributed by atoms with van der Waals surface area (Å²) in [5.74, 6) is -1.25. The molecule has 2 N–H and O–H groups in total. The Morgan fingerprint density at radius 1 is 0.700 bits per heavy atom. The third-order valence-corrected chi connectivity index (χ3v) is 10.5. The zero-order valence-electron chi connectivity index (χ0n) is 22.5. The summed E-state index contributed by atoms with van der Waals surface area (Å²) in [6.07, 6.45) is 6.28. The molecular formula is C29H34Cl2O7S2. The smallest absolute Gasteiger partial charge is 0.182 e. The summed E-state index contributed by atoms with van der Waals surface area (Å²) in [6, 6.07) is 10.6. The van der Waals surface area contributed by atoms with Gasteiger partial charge < -0.3 is 14.9 Å². The van der Waals surface area contributed by atoms with Crippen LogP contribution in [0.2, 0.25) is 10.0 Å². The zero-order chi connectivity index (χ0) is 29.5. The first-order valence-corrected chi connectivity index (χ1v) is 17.1. The molecule has 0 saturated heterocycles. The molecule has 0 aliphatic carbocycles. The van der Waals surface area contributed by atoms with Gasteiger partial charge in [0.05, 0.1) is 37.9 Å². The number of hydrogen-bond acceptors (Lipinski definition) is 7. The molecule has 3 aromatic carbocycles. The fourth-order valence-corrected chi connectivity index (χ4v) is 7.70. The average molecular weight is 630 g/mol. The van der Waals surface area contributed by atoms with Gasteiger partial charge in [0, 0.05) is 5.56 Å². The van der Waals surface area contributed by atoms with E-state index in [9.17, 15) is 27.0 Å². The molecule has 0 radical (unpaired) electrons. The highest BCUT2D eigenvalue weighted by molar-refractivity contribution is 7.91. The third-order valence-electron chi connectivity index (χ3n) is 6.60. The second-order valence-corrected chi connectivity index (χ2v) is 14.5. The van der Waals surface area contributed by atoms with E-state index in [1.54, 1.807) is 19.1 Å². The topological polar surface area (TPSA) is 118 Å². The van der Waals surface area contributed by atoms with Crippen molar-refractivity contribution in [1.29, 1.82) is 0 Å². The first-order chi connectivity index (χ1) is 18.9. The van der Waals surface area contributed by atoms with Crippen molar-refractivity contribution in [2.24, 2.45) is 0 Å². The fourth-order valence-electron chi connectivity index (χ4n) is 4.26. The number of aryl methyl sites for hydroxylation is 1. The molecule has 0 bridgehead atoms. The maximum absolute atomic E-state index is 13.5. The molecule has 0 amide bonds. The van der Waals surface area contributed by atoms with Crippen LogP contribution in [-0.2, 0) is 31.2 Å². The Balaban J connectivity index is 2.00. The Morgan fingerprint density at radius 3 is 1.73 bits per heavy atom. The lowest BCUT2D eigenvalue weighted by atomic mass is 10.0. The molecule has 0 spiro atoms. The van der Waals surface area contributed by atoms with Gasteiger partial charge in [-0.1, -0.05) is 68.3 Å². The van der Waals surface area contributed by atoms with Gasteiger partial charge in [-0.3, -0.25) is 0 Å². The molecule has 0 aromatic heterocycles. The summed E-state index contributed by atoms with van der Waals surface area (Å²) in [5.41, 5.74) is 1.12. The van der Waals surface area contributed by atoms with E-state index in [1.165, 1.54) is 30.7 Å². The number of halogens is 2. The van der Waals surface area contributed by atoms with E-state index >= 15 is 0 Å². The summed E-state index contributed by atoms with van der Waals surface area (Å²) in [5, 5.41) is 19.2. The van der Waals surface area contributed by atoms with Gasteiger partial charge >= 0.3 is 0 Å². The van der Waals surface area contributed by atoms with E-state index in [1.807, 2.05) is 0 Å². The lowest BCUT2D eigenvalue weighted by molar-refractivity contribution is 0.302. The van der Waals surface area contributed by atoms with Crippen molar-refractivity contribution in [2.45, 2.75) is 73.7 Å². The van der Waals surface area contributed by atoms with Crippen molar-refractivity contribution in [3.05, 3.63) is 75.3 Å². The average Bonchev–Trinajstić information content (AvgIpc) is 2.89. The number of unbranched alkanes of at least 4 members (excludes halogenated alkanes) is 5. The van der Waals surface area contributed by atoms with Crippen LogP contribution < -0.4 is 4.74 Å². The van der Waals surface area contributed by atoms with Crippen LogP contribution in [0.3, 0.4) is 0 Å². The predicted octanol–water partition coefficient (Wildman–Crippen LogP) is 7.40. The minimum Gasteiger partial charge on any atom is -0.506 e. The quantitative estimate of drug-likeness (QED) is 0.178. The molecule has 0 saturated carbocycles. The maximum atomic E-state index is 13.5. The van der Waals surface area contributed by atoms with Crippen molar-refractivity contribution >= 4 is 42.9 Å². The Bertz CT molecular complexity index is 1550. The molecular weight excluding hydrogens is 595 g/mol. The molecule has 11 heteroatoms. The maximum Gasteiger partial charge on any atom is 0.182 e. The monoisotopic (exact) mass is 628 g/mol. The molecule has 7 nitrogen and oxygen atoms in total. The van der Waals surface area contributed by atoms with Gasteiger partial charge in [0.25, 0.3) is 0 Å². The SMILES string of the molecule is CCCCCCCCOc1ccc(C)c(CS(=O)(=O)c2ccc(O)c(Cl)c2)c1CS(=O)(=O)c1ccc(O)c(Cl)c1. The van der Waals surface area contributed by atoms with Crippen LogP contribution in [0.15, 0.2) is 58.3 Å². The zero-order valence-corrected chi connectivity index (χ0v) is 25.6. The highest BCUT2D eigenvalue weighted by Crippen LogP contribution is 2.35. The molecule has 0 aliphatic heterocycles. The van der Waals surface area contributed by atoms with Crippen molar-refractivity contribution in [1.82, 2.24) is 0 Å². The predicted molar refractivity (Wildman–Crippen MR) is 158 cm³/mol. The number of ether oxygens (including phenoxy) is 1. The van der Waals surface area contributed by atoms with E-state index in [0.717, 1.165) is 44.2 Å². The second kappa shape index (κ2) is 13.9. The standard InChI is InChI=1S/C29H34Cl2O7S2/c1-3-4-5-6-7-8-15-38-29-14-9-20(2)23(18-39(34,35)21-10-12-27(32)25(30)16-21)24(29)19-40(36,37)22-11-13-28(33)26(31)17-22/h9-14,16-17,32-33H,3-8,15,18-19H2,1-2H3. The van der Waals surface area contributed by atoms with Gasteiger partial charge in [0.15, 0.2) is 19.7 Å². The lowest BCUT2D eigenvalue weighted by Gasteiger charge is -2.19. The van der Waals surface area contributed by atoms with E-state index in [-0.39, 0.29) is 36.9 Å². The Morgan fingerprint density at radius 2 is 1.20 bits per heavy atom. The Kier molecular flexibility index (Phi) is 11.2. The summed E-state index contributed by atoms with van der Waals surface area (Å²) < 4.78 is 59.8. The third kappa shape index (κ3) is 8.28. The molecule has 40 heavy (non-hydrogen) atoms. The van der Waals surface area contributed by atoms with Crippen molar-refractivity contribution in [2.75, 3.05) is 6.61 Å². The number of aromatic hydroxyl groups is 2. The van der Waals surface area contributed by atoms with E-state index < -0.39 is 31.2 Å². The molecule has 0 unspecified atom stereocenters. The number of benzene rings is 3. The van der Waals surface area contributed by atoms with E-state index in [0.29, 0.717) is 23.5 Å². The summed E-state index contributed by atoms with van der Waals surface area (Å²) >= 11 is 11.9. The summed E-state index contributed by atoms with van der Waals surface area (Å²) in [6.45, 7) is 4.21. The normalized spacial score (nSPS) is 12.0. The highest BCUT2D eigenvalue weighted by atomic mass is 35.5. The summed E-state index contributed by atoms with van der Waals surface area (Å²) in [7, 11) is -8.00. The minimum atomic E-state index is -4.02. The van der Waals surface area contributed by atoms with Crippen LogP contribution in [0, 0.1) is 6.92 Å². The van der Waals surface area contributed by atoms with Crippen LogP contribution in [0.4, 0.5) is 0 Å². The molecule has 0 atom stereocenters. The number of phenolic OH excluding ortho intramolecular Hbond substituents is 2. The Labute approximate surface area is 246 Å². The highest BCUT2D eigenvalue weighted by Gasteiger charge is 2.26. The number of rotatable bonds is 14.